The van der Waals surface area contributed by atoms with Crippen LogP contribution in [0.3, 0.4) is 0 Å². The lowest BCUT2D eigenvalue weighted by Crippen LogP contribution is -2.41. The molecule has 4 rings (SSSR count). The molecule has 2 heterocycles. The van der Waals surface area contributed by atoms with Crippen molar-refractivity contribution in [3.05, 3.63) is 47.4 Å². The second-order valence-corrected chi connectivity index (χ2v) is 10.5. The smallest absolute Gasteiger partial charge is 0.465 e. The number of hydrogen-bond donors (Lipinski definition) is 2. The number of benzene rings is 1. The van der Waals surface area contributed by atoms with Crippen molar-refractivity contribution in [2.45, 2.75) is 71.1 Å². The molecule has 10 heteroatoms. The van der Waals surface area contributed by atoms with Gasteiger partial charge in [-0.2, -0.15) is 0 Å². The second-order valence-electron chi connectivity index (χ2n) is 10.5. The van der Waals surface area contributed by atoms with E-state index in [1.54, 1.807) is 0 Å². The van der Waals surface area contributed by atoms with E-state index in [1.165, 1.54) is 7.11 Å². The molecule has 0 radical (unpaired) electrons. The largest absolute Gasteiger partial charge is 0.494 e. The molecule has 2 N–H and O–H groups in total. The number of esters is 1. The Bertz CT molecular complexity index is 1140. The second kappa shape index (κ2) is 9.24. The molecule has 186 valence electrons. The van der Waals surface area contributed by atoms with E-state index < -0.39 is 24.3 Å². The highest BCUT2D eigenvalue weighted by atomic mass is 16.7. The molecule has 2 fully saturated rings. The van der Waals surface area contributed by atoms with Gasteiger partial charge in [0.05, 0.1) is 29.6 Å². The number of nitrogens with one attached hydrogen (secondary N) is 2. The van der Waals surface area contributed by atoms with Crippen LogP contribution in [0.15, 0.2) is 41.7 Å². The average Bonchev–Trinajstić information content (AvgIpc) is 3.36. The number of anilines is 1. The molecular formula is C25H34BN5O4. The Balaban J connectivity index is 1.62. The van der Waals surface area contributed by atoms with E-state index in [4.69, 9.17) is 19.5 Å². The van der Waals surface area contributed by atoms with Crippen LogP contribution in [0.2, 0.25) is 0 Å². The van der Waals surface area contributed by atoms with E-state index >= 15 is 0 Å². The van der Waals surface area contributed by atoms with Crippen LogP contribution < -0.4 is 10.8 Å². The summed E-state index contributed by atoms with van der Waals surface area (Å²) in [6, 6.07) is 7.96. The predicted molar refractivity (Wildman–Crippen MR) is 135 cm³/mol. The van der Waals surface area contributed by atoms with Crippen molar-refractivity contribution >= 4 is 30.5 Å². The number of ether oxygens (including phenoxy) is 1. The van der Waals surface area contributed by atoms with Crippen molar-refractivity contribution in [1.82, 2.24) is 15.0 Å². The van der Waals surface area contributed by atoms with E-state index in [0.717, 1.165) is 29.5 Å². The van der Waals surface area contributed by atoms with Crippen LogP contribution in [0.4, 0.5) is 5.69 Å². The standard InChI is InChI=1S/C25H34BN5O4/c1-15(2)31-14-21(29-30-31)18-12-19(18)22(20(13-27)23(32)33-7)28-17-10-8-9-16(11-17)26-34-24(3,4)25(5,6)35-26/h8-11,13-15,18-19,27-28H,12H2,1-7H3/b22-20+,27-13?/t18-,19?/m0/s1. The minimum absolute atomic E-state index is 0.0106. The fraction of sp³-hybridized carbons (Fsp3) is 0.520. The Hall–Kier alpha value is -2.98. The zero-order valence-corrected chi connectivity index (χ0v) is 21.5. The van der Waals surface area contributed by atoms with Crippen molar-refractivity contribution in [3.63, 3.8) is 0 Å². The molecule has 0 amide bonds. The van der Waals surface area contributed by atoms with Crippen LogP contribution in [0.1, 0.15) is 65.6 Å². The molecule has 0 spiro atoms. The lowest BCUT2D eigenvalue weighted by atomic mass is 9.79. The lowest BCUT2D eigenvalue weighted by Gasteiger charge is -2.32. The predicted octanol–water partition coefficient (Wildman–Crippen LogP) is 3.45. The number of methoxy groups -OCH3 is 1. The third kappa shape index (κ3) is 4.90. The zero-order valence-electron chi connectivity index (χ0n) is 21.5. The van der Waals surface area contributed by atoms with Crippen molar-refractivity contribution in [2.75, 3.05) is 12.4 Å². The van der Waals surface area contributed by atoms with Crippen molar-refractivity contribution in [2.24, 2.45) is 5.92 Å². The van der Waals surface area contributed by atoms with Crippen LogP contribution in [0, 0.1) is 11.3 Å². The van der Waals surface area contributed by atoms with Gasteiger partial charge in [-0.1, -0.05) is 17.3 Å². The van der Waals surface area contributed by atoms with Gasteiger partial charge in [-0.15, -0.1) is 5.10 Å². The molecule has 2 aromatic rings. The Morgan fingerprint density at radius 3 is 2.54 bits per heavy atom. The number of allylic oxidation sites excluding steroid dienone is 1. The maximum absolute atomic E-state index is 12.5. The first kappa shape index (κ1) is 25.1. The first-order valence-electron chi connectivity index (χ1n) is 11.9. The Kier molecular flexibility index (Phi) is 6.63. The Labute approximate surface area is 206 Å². The summed E-state index contributed by atoms with van der Waals surface area (Å²) >= 11 is 0. The molecule has 2 atom stereocenters. The van der Waals surface area contributed by atoms with Gasteiger partial charge in [-0.25, -0.2) is 9.48 Å². The number of carbonyl (C=O) groups is 1. The average molecular weight is 479 g/mol. The van der Waals surface area contributed by atoms with Gasteiger partial charge >= 0.3 is 13.1 Å². The van der Waals surface area contributed by atoms with Crippen molar-refractivity contribution in [3.8, 4) is 0 Å². The monoisotopic (exact) mass is 479 g/mol. The minimum atomic E-state index is -0.555. The maximum atomic E-state index is 12.5. The van der Waals surface area contributed by atoms with Gasteiger partial charge in [0.15, 0.2) is 0 Å². The number of nitrogens with zero attached hydrogens (tertiary/aromatic N) is 3. The van der Waals surface area contributed by atoms with Gasteiger partial charge in [-0.3, -0.25) is 0 Å². The summed E-state index contributed by atoms with van der Waals surface area (Å²) in [4.78, 5) is 12.5. The molecule has 1 saturated carbocycles. The Morgan fingerprint density at radius 1 is 1.29 bits per heavy atom. The summed E-state index contributed by atoms with van der Waals surface area (Å²) < 4.78 is 19.2. The quantitative estimate of drug-likeness (QED) is 0.258. The van der Waals surface area contributed by atoms with E-state index in [0.29, 0.717) is 5.70 Å². The van der Waals surface area contributed by atoms with E-state index in [1.807, 2.05) is 76.7 Å². The van der Waals surface area contributed by atoms with Gasteiger partial charge in [-0.05, 0) is 65.6 Å². The normalized spacial score (nSPS) is 23.1. The zero-order chi connectivity index (χ0) is 25.5. The summed E-state index contributed by atoms with van der Waals surface area (Å²) in [6.45, 7) is 12.2. The lowest BCUT2D eigenvalue weighted by molar-refractivity contribution is -0.135. The molecule has 35 heavy (non-hydrogen) atoms. The van der Waals surface area contributed by atoms with Gasteiger partial charge in [0, 0.05) is 41.7 Å². The first-order valence-corrected chi connectivity index (χ1v) is 11.9. The fourth-order valence-electron chi connectivity index (χ4n) is 4.17. The van der Waals surface area contributed by atoms with Gasteiger partial charge in [0.2, 0.25) is 0 Å². The van der Waals surface area contributed by atoms with Crippen LogP contribution in [-0.2, 0) is 18.8 Å². The van der Waals surface area contributed by atoms with E-state index in [2.05, 4.69) is 15.6 Å². The molecule has 1 aliphatic heterocycles. The van der Waals surface area contributed by atoms with Gasteiger partial charge < -0.3 is 24.8 Å². The molecule has 2 aliphatic rings. The summed E-state index contributed by atoms with van der Waals surface area (Å²) in [6.07, 6.45) is 3.80. The molecule has 9 nitrogen and oxygen atoms in total. The van der Waals surface area contributed by atoms with Gasteiger partial charge in [0.1, 0.15) is 0 Å². The SMILES string of the molecule is COC(=O)/C(C=N)=C(/Nc1cccc(B2OC(C)(C)C(C)(C)O2)c1)C1C[C@@H]1c1cn(C(C)C)nn1. The molecule has 1 aromatic heterocycles. The van der Waals surface area contributed by atoms with Gasteiger partial charge in [0.25, 0.3) is 0 Å². The Morgan fingerprint density at radius 2 is 1.97 bits per heavy atom. The summed E-state index contributed by atoms with van der Waals surface area (Å²) in [5, 5.41) is 19.9. The number of rotatable bonds is 8. The summed E-state index contributed by atoms with van der Waals surface area (Å²) in [5.74, 6) is -0.458. The highest BCUT2D eigenvalue weighted by Gasteiger charge is 2.52. The highest BCUT2D eigenvalue weighted by Crippen LogP contribution is 2.52. The van der Waals surface area contributed by atoms with Crippen LogP contribution in [0.25, 0.3) is 0 Å². The van der Waals surface area contributed by atoms with E-state index in [-0.39, 0.29) is 23.5 Å². The third-order valence-corrected chi connectivity index (χ3v) is 7.13. The highest BCUT2D eigenvalue weighted by molar-refractivity contribution is 6.62. The molecule has 1 aromatic carbocycles. The number of aromatic nitrogens is 3. The van der Waals surface area contributed by atoms with Crippen LogP contribution in [0.5, 0.6) is 0 Å². The fourth-order valence-corrected chi connectivity index (χ4v) is 4.17. The molecule has 1 unspecified atom stereocenters. The van der Waals surface area contributed by atoms with Crippen LogP contribution >= 0.6 is 0 Å². The maximum Gasteiger partial charge on any atom is 0.494 e. The van der Waals surface area contributed by atoms with Crippen molar-refractivity contribution < 1.29 is 18.8 Å². The third-order valence-electron chi connectivity index (χ3n) is 7.13. The minimum Gasteiger partial charge on any atom is -0.465 e. The molecule has 1 aliphatic carbocycles. The molecule has 1 saturated heterocycles. The topological polar surface area (TPSA) is 111 Å². The first-order chi connectivity index (χ1) is 16.5. The summed E-state index contributed by atoms with van der Waals surface area (Å²) in [7, 11) is 0.817. The summed E-state index contributed by atoms with van der Waals surface area (Å²) in [5.41, 5.74) is 2.46. The number of carbonyl (C=O) groups excluding carboxylic acids is 1. The molecular weight excluding hydrogens is 445 g/mol. The van der Waals surface area contributed by atoms with Crippen molar-refractivity contribution in [1.29, 1.82) is 5.41 Å². The number of hydrogen-bond acceptors (Lipinski definition) is 8. The van der Waals surface area contributed by atoms with E-state index in [9.17, 15) is 4.79 Å². The van der Waals surface area contributed by atoms with Crippen LogP contribution in [-0.4, -0.2) is 52.6 Å². The molecule has 0 bridgehead atoms.